The van der Waals surface area contributed by atoms with E-state index in [0.717, 1.165) is 25.4 Å². The number of ether oxygens (including phenoxy) is 1. The van der Waals surface area contributed by atoms with Gasteiger partial charge in [0.05, 0.1) is 0 Å². The molecule has 0 amide bonds. The summed E-state index contributed by atoms with van der Waals surface area (Å²) in [5, 5.41) is 3.31. The molecular weight excluding hydrogens is 212 g/mol. The highest BCUT2D eigenvalue weighted by atomic mass is 35.5. The fourth-order valence-corrected chi connectivity index (χ4v) is 1.62. The summed E-state index contributed by atoms with van der Waals surface area (Å²) in [5.41, 5.74) is 1.17. The quantitative estimate of drug-likeness (QED) is 0.840. The number of piperidine rings is 1. The molecule has 1 aliphatic heterocycles. The number of rotatable bonds is 2. The van der Waals surface area contributed by atoms with Crippen LogP contribution in [0.3, 0.4) is 0 Å². The minimum atomic E-state index is 0. The highest BCUT2D eigenvalue weighted by Crippen LogP contribution is 2.12. The first kappa shape index (κ1) is 12.3. The van der Waals surface area contributed by atoms with Gasteiger partial charge in [-0.25, -0.2) is 4.98 Å². The van der Waals surface area contributed by atoms with Crippen LogP contribution in [-0.4, -0.2) is 24.2 Å². The molecule has 0 bridgehead atoms. The van der Waals surface area contributed by atoms with Crippen LogP contribution in [0, 0.1) is 6.92 Å². The maximum Gasteiger partial charge on any atom is 0.213 e. The summed E-state index contributed by atoms with van der Waals surface area (Å²) < 4.78 is 5.74. The monoisotopic (exact) mass is 228 g/mol. The van der Waals surface area contributed by atoms with Gasteiger partial charge in [-0.1, -0.05) is 6.07 Å². The van der Waals surface area contributed by atoms with Crippen LogP contribution in [0.5, 0.6) is 5.88 Å². The van der Waals surface area contributed by atoms with Crippen molar-refractivity contribution in [2.75, 3.05) is 13.1 Å². The lowest BCUT2D eigenvalue weighted by atomic mass is 10.1. The second kappa shape index (κ2) is 5.93. The first-order valence-corrected chi connectivity index (χ1v) is 5.14. The number of aromatic nitrogens is 1. The number of nitrogens with zero attached hydrogens (tertiary/aromatic N) is 1. The SMILES string of the molecule is Cc1ccc(OC2CCCNC2)nc1.Cl. The molecule has 84 valence electrons. The van der Waals surface area contributed by atoms with Gasteiger partial charge in [-0.15, -0.1) is 12.4 Å². The molecule has 2 rings (SSSR count). The van der Waals surface area contributed by atoms with Crippen LogP contribution in [-0.2, 0) is 0 Å². The minimum absolute atomic E-state index is 0. The van der Waals surface area contributed by atoms with Gasteiger partial charge in [0.25, 0.3) is 0 Å². The normalized spacial score (nSPS) is 20.5. The van der Waals surface area contributed by atoms with Crippen LogP contribution in [0.4, 0.5) is 0 Å². The third-order valence-corrected chi connectivity index (χ3v) is 2.42. The second-order valence-electron chi connectivity index (χ2n) is 3.76. The lowest BCUT2D eigenvalue weighted by Crippen LogP contribution is -2.37. The van der Waals surface area contributed by atoms with Gasteiger partial charge in [0.2, 0.25) is 5.88 Å². The fraction of sp³-hybridized carbons (Fsp3) is 0.545. The third kappa shape index (κ3) is 3.68. The van der Waals surface area contributed by atoms with Gasteiger partial charge < -0.3 is 10.1 Å². The molecule has 1 atom stereocenters. The summed E-state index contributed by atoms with van der Waals surface area (Å²) in [6.07, 6.45) is 4.45. The Kier molecular flexibility index (Phi) is 4.85. The van der Waals surface area contributed by atoms with Crippen molar-refractivity contribution in [2.24, 2.45) is 0 Å². The number of nitrogens with one attached hydrogen (secondary N) is 1. The molecule has 1 N–H and O–H groups in total. The molecule has 1 aromatic heterocycles. The van der Waals surface area contributed by atoms with Crippen molar-refractivity contribution in [1.29, 1.82) is 0 Å². The summed E-state index contributed by atoms with van der Waals surface area (Å²) in [5.74, 6) is 0.740. The average molecular weight is 229 g/mol. The zero-order valence-electron chi connectivity index (χ0n) is 8.90. The van der Waals surface area contributed by atoms with Crippen molar-refractivity contribution in [2.45, 2.75) is 25.9 Å². The van der Waals surface area contributed by atoms with Gasteiger partial charge in [0.1, 0.15) is 6.10 Å². The molecule has 1 aromatic rings. The lowest BCUT2D eigenvalue weighted by molar-refractivity contribution is 0.160. The van der Waals surface area contributed by atoms with E-state index in [1.807, 2.05) is 25.3 Å². The maximum absolute atomic E-state index is 5.74. The molecule has 2 heterocycles. The molecule has 0 aromatic carbocycles. The number of hydrogen-bond acceptors (Lipinski definition) is 3. The van der Waals surface area contributed by atoms with Gasteiger partial charge in [-0.2, -0.15) is 0 Å². The van der Waals surface area contributed by atoms with Gasteiger partial charge in [0.15, 0.2) is 0 Å². The number of hydrogen-bond donors (Lipinski definition) is 1. The number of pyridine rings is 1. The maximum atomic E-state index is 5.74. The predicted octanol–water partition coefficient (Wildman–Crippen LogP) is 1.94. The first-order chi connectivity index (χ1) is 6.84. The average Bonchev–Trinajstić information content (AvgIpc) is 2.23. The number of halogens is 1. The van der Waals surface area contributed by atoms with E-state index in [-0.39, 0.29) is 12.4 Å². The predicted molar refractivity (Wildman–Crippen MR) is 62.7 cm³/mol. The molecule has 0 radical (unpaired) electrons. The van der Waals surface area contributed by atoms with E-state index in [1.165, 1.54) is 12.0 Å². The van der Waals surface area contributed by atoms with Crippen LogP contribution in [0.15, 0.2) is 18.3 Å². The van der Waals surface area contributed by atoms with Crippen LogP contribution in [0.2, 0.25) is 0 Å². The topological polar surface area (TPSA) is 34.1 Å². The van der Waals surface area contributed by atoms with Crippen molar-refractivity contribution in [3.8, 4) is 5.88 Å². The molecule has 0 aliphatic carbocycles. The van der Waals surface area contributed by atoms with E-state index in [1.54, 1.807) is 0 Å². The van der Waals surface area contributed by atoms with Crippen molar-refractivity contribution in [3.63, 3.8) is 0 Å². The Labute approximate surface area is 96.7 Å². The molecule has 1 aliphatic rings. The second-order valence-corrected chi connectivity index (χ2v) is 3.76. The third-order valence-electron chi connectivity index (χ3n) is 2.42. The summed E-state index contributed by atoms with van der Waals surface area (Å²) in [6.45, 7) is 4.08. The molecule has 0 spiro atoms. The van der Waals surface area contributed by atoms with Crippen LogP contribution >= 0.6 is 12.4 Å². The summed E-state index contributed by atoms with van der Waals surface area (Å²) in [4.78, 5) is 4.22. The number of aryl methyl sites for hydroxylation is 1. The van der Waals surface area contributed by atoms with E-state index >= 15 is 0 Å². The summed E-state index contributed by atoms with van der Waals surface area (Å²) in [6, 6.07) is 3.96. The Morgan fingerprint density at radius 2 is 2.33 bits per heavy atom. The standard InChI is InChI=1S/C11H16N2O.ClH/c1-9-4-5-11(13-7-9)14-10-3-2-6-12-8-10;/h4-5,7,10,12H,2-3,6,8H2,1H3;1H. The van der Waals surface area contributed by atoms with E-state index in [2.05, 4.69) is 10.3 Å². The Morgan fingerprint density at radius 1 is 1.47 bits per heavy atom. The van der Waals surface area contributed by atoms with E-state index in [4.69, 9.17) is 4.74 Å². The van der Waals surface area contributed by atoms with E-state index in [0.29, 0.717) is 6.10 Å². The first-order valence-electron chi connectivity index (χ1n) is 5.14. The lowest BCUT2D eigenvalue weighted by Gasteiger charge is -2.23. The molecule has 15 heavy (non-hydrogen) atoms. The molecule has 3 nitrogen and oxygen atoms in total. The zero-order valence-corrected chi connectivity index (χ0v) is 9.72. The van der Waals surface area contributed by atoms with Gasteiger partial charge in [-0.3, -0.25) is 0 Å². The molecular formula is C11H17ClN2O. The molecule has 1 unspecified atom stereocenters. The van der Waals surface area contributed by atoms with Gasteiger partial charge in [0, 0.05) is 18.8 Å². The summed E-state index contributed by atoms with van der Waals surface area (Å²) >= 11 is 0. The van der Waals surface area contributed by atoms with Gasteiger partial charge >= 0.3 is 0 Å². The Bertz CT molecular complexity index is 283. The largest absolute Gasteiger partial charge is 0.473 e. The van der Waals surface area contributed by atoms with Crippen molar-refractivity contribution in [3.05, 3.63) is 23.9 Å². The van der Waals surface area contributed by atoms with Gasteiger partial charge in [-0.05, 0) is 31.9 Å². The van der Waals surface area contributed by atoms with Crippen molar-refractivity contribution in [1.82, 2.24) is 10.3 Å². The zero-order chi connectivity index (χ0) is 9.80. The van der Waals surface area contributed by atoms with E-state index in [9.17, 15) is 0 Å². The Hall–Kier alpha value is -0.800. The van der Waals surface area contributed by atoms with Crippen molar-refractivity contribution >= 4 is 12.4 Å². The Morgan fingerprint density at radius 3 is 2.93 bits per heavy atom. The molecule has 1 fully saturated rings. The highest BCUT2D eigenvalue weighted by molar-refractivity contribution is 5.85. The fourth-order valence-electron chi connectivity index (χ4n) is 1.62. The Balaban J connectivity index is 0.00000112. The summed E-state index contributed by atoms with van der Waals surface area (Å²) in [7, 11) is 0. The molecule has 1 saturated heterocycles. The molecule has 4 heteroatoms. The highest BCUT2D eigenvalue weighted by Gasteiger charge is 2.14. The molecule has 0 saturated carbocycles. The smallest absolute Gasteiger partial charge is 0.213 e. The van der Waals surface area contributed by atoms with Crippen LogP contribution in [0.25, 0.3) is 0 Å². The van der Waals surface area contributed by atoms with Crippen molar-refractivity contribution < 1.29 is 4.74 Å². The van der Waals surface area contributed by atoms with Crippen LogP contribution < -0.4 is 10.1 Å². The minimum Gasteiger partial charge on any atom is -0.473 e. The van der Waals surface area contributed by atoms with E-state index < -0.39 is 0 Å². The van der Waals surface area contributed by atoms with Crippen LogP contribution in [0.1, 0.15) is 18.4 Å².